The first-order valence-electron chi connectivity index (χ1n) is 5.88. The van der Waals surface area contributed by atoms with Crippen molar-refractivity contribution in [2.75, 3.05) is 25.9 Å². The lowest BCUT2D eigenvalue weighted by molar-refractivity contribution is 0.228. The molecule has 2 aliphatic heterocycles. The standard InChI is InChI=1S/C11H16N4OS/c1-17-9-4-12-15(6-9)11(16)13-10-7-14-3-2-8(10)5-14/h4,6,8,10H,2-3,5,7H2,1H3,(H,13,16)/t8-,10-/m0/s1. The molecule has 0 spiro atoms. The maximum Gasteiger partial charge on any atom is 0.342 e. The van der Waals surface area contributed by atoms with Crippen molar-refractivity contribution in [2.24, 2.45) is 5.92 Å². The van der Waals surface area contributed by atoms with E-state index in [2.05, 4.69) is 15.3 Å². The molecule has 3 heterocycles. The van der Waals surface area contributed by atoms with Gasteiger partial charge in [-0.2, -0.15) is 9.78 Å². The third kappa shape index (κ3) is 2.07. The van der Waals surface area contributed by atoms with Gasteiger partial charge in [0.2, 0.25) is 0 Å². The number of amides is 1. The Hall–Kier alpha value is -1.01. The Labute approximate surface area is 105 Å². The first-order valence-corrected chi connectivity index (χ1v) is 7.10. The van der Waals surface area contributed by atoms with E-state index < -0.39 is 0 Å². The van der Waals surface area contributed by atoms with Crippen molar-refractivity contribution in [3.63, 3.8) is 0 Å². The van der Waals surface area contributed by atoms with Crippen molar-refractivity contribution in [1.82, 2.24) is 20.0 Å². The van der Waals surface area contributed by atoms with E-state index in [1.807, 2.05) is 6.26 Å². The molecule has 2 fully saturated rings. The maximum atomic E-state index is 12.0. The molecule has 2 aliphatic rings. The van der Waals surface area contributed by atoms with Gasteiger partial charge in [0.25, 0.3) is 0 Å². The topological polar surface area (TPSA) is 50.2 Å². The molecule has 3 rings (SSSR count). The number of carbonyl (C=O) groups excluding carboxylic acids is 1. The minimum Gasteiger partial charge on any atom is -0.332 e. The smallest absolute Gasteiger partial charge is 0.332 e. The van der Waals surface area contributed by atoms with E-state index in [4.69, 9.17) is 0 Å². The Morgan fingerprint density at radius 3 is 3.06 bits per heavy atom. The second kappa shape index (κ2) is 4.34. The van der Waals surface area contributed by atoms with Crippen LogP contribution < -0.4 is 5.32 Å². The van der Waals surface area contributed by atoms with Gasteiger partial charge in [-0.05, 0) is 25.1 Å². The Bertz CT molecular complexity index is 433. The molecule has 1 aromatic heterocycles. The van der Waals surface area contributed by atoms with Crippen LogP contribution in [-0.4, -0.2) is 52.6 Å². The van der Waals surface area contributed by atoms with Crippen LogP contribution in [0, 0.1) is 5.92 Å². The number of carbonyl (C=O) groups is 1. The van der Waals surface area contributed by atoms with Crippen LogP contribution in [0.3, 0.4) is 0 Å². The molecule has 17 heavy (non-hydrogen) atoms. The molecule has 6 heteroatoms. The van der Waals surface area contributed by atoms with Gasteiger partial charge < -0.3 is 10.2 Å². The van der Waals surface area contributed by atoms with Gasteiger partial charge >= 0.3 is 6.03 Å². The summed E-state index contributed by atoms with van der Waals surface area (Å²) < 4.78 is 1.40. The molecule has 1 N–H and O–H groups in total. The highest BCUT2D eigenvalue weighted by Crippen LogP contribution is 2.27. The Morgan fingerprint density at radius 1 is 1.59 bits per heavy atom. The molecule has 2 bridgehead atoms. The molecular formula is C11H16N4OS. The fraction of sp³-hybridized carbons (Fsp3) is 0.636. The molecule has 5 nitrogen and oxygen atoms in total. The van der Waals surface area contributed by atoms with E-state index >= 15 is 0 Å². The van der Waals surface area contributed by atoms with Gasteiger partial charge in [0, 0.05) is 30.2 Å². The van der Waals surface area contributed by atoms with Crippen LogP contribution in [0.5, 0.6) is 0 Å². The van der Waals surface area contributed by atoms with Gasteiger partial charge in [-0.15, -0.1) is 11.8 Å². The molecule has 2 saturated heterocycles. The quantitative estimate of drug-likeness (QED) is 0.793. The zero-order valence-electron chi connectivity index (χ0n) is 9.80. The molecule has 0 radical (unpaired) electrons. The fourth-order valence-corrected chi connectivity index (χ4v) is 3.05. The Kier molecular flexibility index (Phi) is 2.84. The van der Waals surface area contributed by atoms with Crippen LogP contribution in [0.4, 0.5) is 4.79 Å². The minimum absolute atomic E-state index is 0.107. The van der Waals surface area contributed by atoms with Crippen molar-refractivity contribution in [1.29, 1.82) is 0 Å². The normalized spacial score (nSPS) is 30.8. The highest BCUT2D eigenvalue weighted by atomic mass is 32.2. The average molecular weight is 252 g/mol. The summed E-state index contributed by atoms with van der Waals surface area (Å²) >= 11 is 1.59. The Balaban J connectivity index is 1.63. The summed E-state index contributed by atoms with van der Waals surface area (Å²) in [5.41, 5.74) is 0. The van der Waals surface area contributed by atoms with Crippen LogP contribution in [0.25, 0.3) is 0 Å². The van der Waals surface area contributed by atoms with Crippen LogP contribution in [0.1, 0.15) is 6.42 Å². The summed E-state index contributed by atoms with van der Waals surface area (Å²) in [7, 11) is 0. The van der Waals surface area contributed by atoms with E-state index in [-0.39, 0.29) is 6.03 Å². The largest absolute Gasteiger partial charge is 0.342 e. The van der Waals surface area contributed by atoms with Crippen LogP contribution in [-0.2, 0) is 0 Å². The fourth-order valence-electron chi connectivity index (χ4n) is 2.70. The van der Waals surface area contributed by atoms with E-state index in [1.54, 1.807) is 24.2 Å². The highest BCUT2D eigenvalue weighted by Gasteiger charge is 2.38. The number of nitrogens with zero attached hydrogens (tertiary/aromatic N) is 3. The van der Waals surface area contributed by atoms with Gasteiger partial charge in [-0.3, -0.25) is 0 Å². The number of rotatable bonds is 2. The summed E-state index contributed by atoms with van der Waals surface area (Å²) in [4.78, 5) is 15.4. The van der Waals surface area contributed by atoms with Crippen LogP contribution in [0.2, 0.25) is 0 Å². The molecule has 1 amide bonds. The number of piperidine rings is 1. The molecule has 0 aromatic carbocycles. The molecule has 0 aliphatic carbocycles. The first-order chi connectivity index (χ1) is 8.26. The molecular weight excluding hydrogens is 236 g/mol. The summed E-state index contributed by atoms with van der Waals surface area (Å²) in [6.07, 6.45) is 6.67. The van der Waals surface area contributed by atoms with Crippen molar-refractivity contribution in [3.8, 4) is 0 Å². The van der Waals surface area contributed by atoms with Crippen molar-refractivity contribution in [3.05, 3.63) is 12.4 Å². The third-order valence-corrected chi connectivity index (χ3v) is 4.33. The summed E-state index contributed by atoms with van der Waals surface area (Å²) in [5.74, 6) is 0.634. The summed E-state index contributed by atoms with van der Waals surface area (Å²) in [6.45, 7) is 3.32. The molecule has 1 unspecified atom stereocenters. The van der Waals surface area contributed by atoms with Gasteiger partial charge in [0.05, 0.1) is 6.20 Å². The summed E-state index contributed by atoms with van der Waals surface area (Å²) in [6, 6.07) is 0.197. The molecule has 1 aromatic rings. The lowest BCUT2D eigenvalue weighted by atomic mass is 10.0. The average Bonchev–Trinajstić information content (AvgIpc) is 3.04. The van der Waals surface area contributed by atoms with Crippen molar-refractivity contribution < 1.29 is 4.79 Å². The highest BCUT2D eigenvalue weighted by molar-refractivity contribution is 7.98. The van der Waals surface area contributed by atoms with Crippen molar-refractivity contribution >= 4 is 17.8 Å². The zero-order valence-corrected chi connectivity index (χ0v) is 10.6. The van der Waals surface area contributed by atoms with E-state index in [0.29, 0.717) is 12.0 Å². The predicted octanol–water partition coefficient (Wildman–Crippen LogP) is 0.867. The SMILES string of the molecule is CSc1cnn(C(=O)N[C@H]2CN3CC[C@H]2C3)c1. The van der Waals surface area contributed by atoms with Gasteiger partial charge in [-0.25, -0.2) is 4.79 Å². The first kappa shape index (κ1) is 11.1. The maximum absolute atomic E-state index is 12.0. The number of nitrogens with one attached hydrogen (secondary N) is 1. The van der Waals surface area contributed by atoms with E-state index in [0.717, 1.165) is 18.0 Å². The van der Waals surface area contributed by atoms with Crippen molar-refractivity contribution in [2.45, 2.75) is 17.4 Å². The summed E-state index contributed by atoms with van der Waals surface area (Å²) in [5, 5.41) is 7.14. The number of fused-ring (bicyclic) bond motifs is 2. The predicted molar refractivity (Wildman–Crippen MR) is 66.3 cm³/mol. The second-order valence-corrected chi connectivity index (χ2v) is 5.57. The van der Waals surface area contributed by atoms with Gasteiger partial charge in [-0.1, -0.05) is 0 Å². The van der Waals surface area contributed by atoms with Crippen LogP contribution in [0.15, 0.2) is 17.3 Å². The minimum atomic E-state index is -0.107. The lowest BCUT2D eigenvalue weighted by Crippen LogP contribution is -2.45. The van der Waals surface area contributed by atoms with E-state index in [9.17, 15) is 4.79 Å². The Morgan fingerprint density at radius 2 is 2.47 bits per heavy atom. The van der Waals surface area contributed by atoms with Gasteiger partial charge in [0.1, 0.15) is 0 Å². The molecule has 3 atom stereocenters. The zero-order chi connectivity index (χ0) is 11.8. The number of thioether (sulfide) groups is 1. The number of hydrogen-bond donors (Lipinski definition) is 1. The third-order valence-electron chi connectivity index (χ3n) is 3.64. The second-order valence-electron chi connectivity index (χ2n) is 4.69. The molecule has 0 saturated carbocycles. The van der Waals surface area contributed by atoms with Crippen LogP contribution >= 0.6 is 11.8 Å². The number of aromatic nitrogens is 2. The number of hydrogen-bond acceptors (Lipinski definition) is 4. The van der Waals surface area contributed by atoms with E-state index in [1.165, 1.54) is 17.6 Å². The monoisotopic (exact) mass is 252 g/mol. The van der Waals surface area contributed by atoms with Gasteiger partial charge in [0.15, 0.2) is 0 Å². The lowest BCUT2D eigenvalue weighted by Gasteiger charge is -2.22. The molecule has 92 valence electrons.